The Labute approximate surface area is 428 Å². The Balaban J connectivity index is 1.02. The van der Waals surface area contributed by atoms with Gasteiger partial charge in [-0.15, -0.1) is 0 Å². The highest BCUT2D eigenvalue weighted by Gasteiger charge is 2.52. The molecule has 16 rings (SSSR count). The van der Waals surface area contributed by atoms with E-state index in [0.717, 1.165) is 39.5 Å². The summed E-state index contributed by atoms with van der Waals surface area (Å²) in [5, 5.41) is 7.29. The zero-order valence-corrected chi connectivity index (χ0v) is 40.3. The number of hydrogen-bond donors (Lipinski definition) is 0. The predicted molar refractivity (Wildman–Crippen MR) is 309 cm³/mol. The summed E-state index contributed by atoms with van der Waals surface area (Å²) in [4.78, 5) is 2.58. The molecule has 14 aromatic rings. The molecule has 12 aromatic carbocycles. The highest BCUT2D eigenvalue weighted by molar-refractivity contribution is 6.16. The minimum absolute atomic E-state index is 0.563. The van der Waals surface area contributed by atoms with Crippen molar-refractivity contribution in [2.75, 3.05) is 4.90 Å². The van der Waals surface area contributed by atoms with Gasteiger partial charge in [-0.25, -0.2) is 0 Å². The Morgan fingerprint density at radius 3 is 1.72 bits per heavy atom. The van der Waals surface area contributed by atoms with Crippen molar-refractivity contribution < 1.29 is 0 Å². The molecule has 0 aliphatic heterocycles. The molecule has 2 heterocycles. The van der Waals surface area contributed by atoms with E-state index in [-0.39, 0.29) is 0 Å². The van der Waals surface area contributed by atoms with E-state index in [9.17, 15) is 0 Å². The average molecular weight is 940 g/mol. The zero-order chi connectivity index (χ0) is 48.5. The maximum atomic E-state index is 2.58. The van der Waals surface area contributed by atoms with Crippen molar-refractivity contribution in [2.45, 2.75) is 5.41 Å². The first-order chi connectivity index (χ1) is 36.7. The van der Waals surface area contributed by atoms with E-state index in [2.05, 4.69) is 287 Å². The summed E-state index contributed by atoms with van der Waals surface area (Å²) in [6.45, 7) is 0. The topological polar surface area (TPSA) is 13.1 Å². The molecule has 0 bridgehead atoms. The van der Waals surface area contributed by atoms with Gasteiger partial charge in [-0.3, -0.25) is 0 Å². The first-order valence-electron chi connectivity index (χ1n) is 25.7. The summed E-state index contributed by atoms with van der Waals surface area (Å²) in [7, 11) is 0. The van der Waals surface area contributed by atoms with Crippen LogP contribution in [0.3, 0.4) is 0 Å². The maximum absolute atomic E-state index is 2.58. The Morgan fingerprint density at radius 2 is 0.892 bits per heavy atom. The molecule has 3 nitrogen and oxygen atoms in total. The fourth-order valence-corrected chi connectivity index (χ4v) is 13.3. The van der Waals surface area contributed by atoms with E-state index in [1.807, 2.05) is 0 Å². The molecule has 0 N–H and O–H groups in total. The summed E-state index contributed by atoms with van der Waals surface area (Å²) < 4.78 is 4.92. The van der Waals surface area contributed by atoms with Crippen LogP contribution >= 0.6 is 0 Å². The molecule has 1 unspecified atom stereocenters. The van der Waals surface area contributed by atoms with Crippen molar-refractivity contribution in [3.05, 3.63) is 295 Å². The molecular weight excluding hydrogens is 895 g/mol. The quantitative estimate of drug-likeness (QED) is 0.162. The van der Waals surface area contributed by atoms with Gasteiger partial charge in [-0.05, 0) is 134 Å². The van der Waals surface area contributed by atoms with Gasteiger partial charge in [0.15, 0.2) is 0 Å². The van der Waals surface area contributed by atoms with E-state index >= 15 is 0 Å². The van der Waals surface area contributed by atoms with Crippen LogP contribution in [0.25, 0.3) is 99.1 Å². The monoisotopic (exact) mass is 939 g/mol. The van der Waals surface area contributed by atoms with Crippen LogP contribution in [0.5, 0.6) is 0 Å². The lowest BCUT2D eigenvalue weighted by molar-refractivity contribution is 0.794. The van der Waals surface area contributed by atoms with Gasteiger partial charge in [0.25, 0.3) is 0 Å². The number of benzene rings is 12. The lowest BCUT2D eigenvalue weighted by atomic mass is 9.70. The van der Waals surface area contributed by atoms with E-state index < -0.39 is 5.41 Å². The predicted octanol–water partition coefficient (Wildman–Crippen LogP) is 18.5. The van der Waals surface area contributed by atoms with Gasteiger partial charge in [-0.1, -0.05) is 200 Å². The molecule has 344 valence electrons. The minimum atomic E-state index is -0.563. The third-order valence-electron chi connectivity index (χ3n) is 16.3. The van der Waals surface area contributed by atoms with Crippen LogP contribution in [0.1, 0.15) is 22.3 Å². The summed E-state index contributed by atoms with van der Waals surface area (Å²) in [6.07, 6.45) is 0. The number of nitrogens with zero attached hydrogens (tertiary/aromatic N) is 3. The normalized spacial score (nSPS) is 14.3. The maximum Gasteiger partial charge on any atom is 0.0782 e. The van der Waals surface area contributed by atoms with Crippen LogP contribution in [0.2, 0.25) is 0 Å². The molecule has 2 aliphatic carbocycles. The summed E-state index contributed by atoms with van der Waals surface area (Å²) >= 11 is 0. The van der Waals surface area contributed by atoms with Gasteiger partial charge < -0.3 is 14.0 Å². The molecule has 1 atom stereocenters. The highest BCUT2D eigenvalue weighted by Crippen LogP contribution is 2.65. The number of anilines is 3. The Bertz CT molecular complexity index is 4620. The van der Waals surface area contributed by atoms with Crippen LogP contribution in [-0.2, 0) is 5.41 Å². The number of aromatic nitrogens is 2. The van der Waals surface area contributed by atoms with Crippen LogP contribution in [-0.4, -0.2) is 9.13 Å². The van der Waals surface area contributed by atoms with E-state index in [0.29, 0.717) is 0 Å². The fraction of sp³-hybridized carbons (Fsp3) is 0.0141. The van der Waals surface area contributed by atoms with Crippen molar-refractivity contribution in [3.63, 3.8) is 0 Å². The highest BCUT2D eigenvalue weighted by atomic mass is 15.2. The van der Waals surface area contributed by atoms with Gasteiger partial charge in [0.05, 0.1) is 38.9 Å². The lowest BCUT2D eigenvalue weighted by Crippen LogP contribution is -2.26. The second-order valence-corrected chi connectivity index (χ2v) is 19.9. The van der Waals surface area contributed by atoms with Crippen molar-refractivity contribution in [1.29, 1.82) is 0 Å². The van der Waals surface area contributed by atoms with E-state index in [1.54, 1.807) is 0 Å². The molecule has 74 heavy (non-hydrogen) atoms. The van der Waals surface area contributed by atoms with Crippen LogP contribution in [0.4, 0.5) is 17.1 Å². The minimum Gasteiger partial charge on any atom is -0.309 e. The van der Waals surface area contributed by atoms with Gasteiger partial charge in [-0.2, -0.15) is 0 Å². The summed E-state index contributed by atoms with van der Waals surface area (Å²) in [5.74, 6) is 0. The molecule has 0 saturated heterocycles. The number of para-hydroxylation sites is 4. The largest absolute Gasteiger partial charge is 0.309 e. The molecule has 3 heteroatoms. The zero-order valence-electron chi connectivity index (χ0n) is 40.3. The van der Waals surface area contributed by atoms with Gasteiger partial charge in [0.1, 0.15) is 0 Å². The Kier molecular flexibility index (Phi) is 8.66. The molecule has 2 aliphatic rings. The third-order valence-corrected chi connectivity index (χ3v) is 16.3. The molecule has 0 radical (unpaired) electrons. The second kappa shape index (κ2) is 15.6. The third kappa shape index (κ3) is 5.61. The number of hydrogen-bond acceptors (Lipinski definition) is 1. The van der Waals surface area contributed by atoms with E-state index in [1.165, 1.54) is 99.0 Å². The SMILES string of the molecule is c1ccc(-c2ccc3c(c2)C2(c4ccccc4-3)c3ccccc3-c3c(N(c4ccc5c(c4)c4ccccc4n5-c4ccc5ccccc5c4)c4cccc5c6ccccc6n(-c6ccccc6)c45)cccc32)cc1. The molecule has 2 aromatic heterocycles. The van der Waals surface area contributed by atoms with Crippen molar-refractivity contribution in [3.8, 4) is 44.8 Å². The Hall–Kier alpha value is -9.70. The van der Waals surface area contributed by atoms with Crippen molar-refractivity contribution in [1.82, 2.24) is 9.13 Å². The van der Waals surface area contributed by atoms with Crippen LogP contribution in [0, 0.1) is 0 Å². The second-order valence-electron chi connectivity index (χ2n) is 19.9. The fourth-order valence-electron chi connectivity index (χ4n) is 13.3. The van der Waals surface area contributed by atoms with Crippen molar-refractivity contribution in [2.24, 2.45) is 0 Å². The molecule has 0 fully saturated rings. The molecule has 1 spiro atoms. The summed E-state index contributed by atoms with van der Waals surface area (Å²) in [6, 6.07) is 102. The lowest BCUT2D eigenvalue weighted by Gasteiger charge is -2.32. The molecular formula is C71H45N3. The number of fused-ring (bicyclic) bond motifs is 17. The van der Waals surface area contributed by atoms with Gasteiger partial charge in [0, 0.05) is 44.2 Å². The first-order valence-corrected chi connectivity index (χ1v) is 25.7. The molecule has 0 amide bonds. The van der Waals surface area contributed by atoms with Gasteiger partial charge in [0.2, 0.25) is 0 Å². The van der Waals surface area contributed by atoms with Crippen LogP contribution in [0.15, 0.2) is 273 Å². The van der Waals surface area contributed by atoms with Crippen molar-refractivity contribution >= 4 is 71.4 Å². The average Bonchev–Trinajstić information content (AvgIpc) is 4.21. The Morgan fingerprint density at radius 1 is 0.297 bits per heavy atom. The smallest absolute Gasteiger partial charge is 0.0782 e. The molecule has 0 saturated carbocycles. The summed E-state index contributed by atoms with van der Waals surface area (Å²) in [5.41, 5.74) is 22.4. The van der Waals surface area contributed by atoms with E-state index in [4.69, 9.17) is 0 Å². The first kappa shape index (κ1) is 41.0. The standard InChI is InChI=1S/C71H45N3/c1-3-19-46(20-4-1)49-38-41-54-53-25-9-13-30-60(53)71(63(54)44-49)61-31-14-10-28-58(61)69-62(71)32-18-35-67(69)73(68-36-17-29-57-55-26-11-16-34-65(55)74(70(57)68)50-23-5-2-6-24-50)52-40-42-66-59(45-52)56-27-12-15-33-64(56)72(66)51-39-37-47-21-7-8-22-48(47)43-51/h1-45H. The van der Waals surface area contributed by atoms with Crippen LogP contribution < -0.4 is 4.90 Å². The van der Waals surface area contributed by atoms with Gasteiger partial charge >= 0.3 is 0 Å². The number of rotatable bonds is 6.